The van der Waals surface area contributed by atoms with Gasteiger partial charge in [0.1, 0.15) is 0 Å². The van der Waals surface area contributed by atoms with E-state index in [0.29, 0.717) is 26.1 Å². The van der Waals surface area contributed by atoms with Crippen LogP contribution >= 0.6 is 0 Å². The van der Waals surface area contributed by atoms with Gasteiger partial charge in [0, 0.05) is 41.8 Å². The molecule has 3 heterocycles. The first-order valence-corrected chi connectivity index (χ1v) is 9.21. The van der Waals surface area contributed by atoms with Crippen molar-refractivity contribution in [3.05, 3.63) is 27.9 Å². The SMILES string of the molecule is CCc1nc2c(cnn2CC)c(NC2CCN(C(=O)O)CC2)c1CN=[N+]=[N-]. The Morgan fingerprint density at radius 3 is 2.78 bits per heavy atom. The number of fused-ring (bicyclic) bond motifs is 1. The van der Waals surface area contributed by atoms with Crippen LogP contribution in [0.1, 0.15) is 37.9 Å². The van der Waals surface area contributed by atoms with Gasteiger partial charge in [-0.15, -0.1) is 0 Å². The fourth-order valence-corrected chi connectivity index (χ4v) is 3.56. The smallest absolute Gasteiger partial charge is 0.407 e. The lowest BCUT2D eigenvalue weighted by Gasteiger charge is -2.32. The summed E-state index contributed by atoms with van der Waals surface area (Å²) in [5.74, 6) is 0. The molecular weight excluding hydrogens is 348 g/mol. The number of carbonyl (C=O) groups is 1. The molecule has 0 radical (unpaired) electrons. The van der Waals surface area contributed by atoms with E-state index in [1.54, 1.807) is 6.20 Å². The van der Waals surface area contributed by atoms with Crippen molar-refractivity contribution in [1.82, 2.24) is 19.7 Å². The molecule has 1 aliphatic rings. The maximum atomic E-state index is 11.1. The van der Waals surface area contributed by atoms with E-state index in [0.717, 1.165) is 40.8 Å². The first kappa shape index (κ1) is 18.8. The minimum absolute atomic E-state index is 0.144. The number of piperidine rings is 1. The Balaban J connectivity index is 1.99. The van der Waals surface area contributed by atoms with Crippen LogP contribution in [0.3, 0.4) is 0 Å². The molecule has 3 rings (SSSR count). The Hall–Kier alpha value is -3.00. The summed E-state index contributed by atoms with van der Waals surface area (Å²) in [6.07, 6.45) is 3.08. The number of nitrogens with zero attached hydrogens (tertiary/aromatic N) is 7. The molecule has 0 bridgehead atoms. The Morgan fingerprint density at radius 2 is 2.19 bits per heavy atom. The fraction of sp³-hybridized carbons (Fsp3) is 0.588. The predicted octanol–water partition coefficient (Wildman–Crippen LogP) is 3.38. The van der Waals surface area contributed by atoms with Crippen LogP contribution < -0.4 is 5.32 Å². The molecule has 0 atom stereocenters. The summed E-state index contributed by atoms with van der Waals surface area (Å²) >= 11 is 0. The van der Waals surface area contributed by atoms with Gasteiger partial charge in [-0.1, -0.05) is 12.0 Å². The van der Waals surface area contributed by atoms with Gasteiger partial charge in [-0.05, 0) is 31.7 Å². The molecule has 0 saturated carbocycles. The summed E-state index contributed by atoms with van der Waals surface area (Å²) in [4.78, 5) is 20.2. The second-order valence-electron chi connectivity index (χ2n) is 6.54. The molecule has 10 heteroatoms. The molecule has 2 aromatic rings. The van der Waals surface area contributed by atoms with Gasteiger partial charge in [0.05, 0.1) is 23.8 Å². The van der Waals surface area contributed by atoms with Crippen LogP contribution in [0.4, 0.5) is 10.5 Å². The van der Waals surface area contributed by atoms with Crippen molar-refractivity contribution in [2.45, 2.75) is 52.2 Å². The van der Waals surface area contributed by atoms with E-state index >= 15 is 0 Å². The Labute approximate surface area is 156 Å². The molecule has 0 aliphatic carbocycles. The lowest BCUT2D eigenvalue weighted by atomic mass is 10.0. The summed E-state index contributed by atoms with van der Waals surface area (Å²) in [5.41, 5.74) is 12.3. The van der Waals surface area contributed by atoms with Crippen molar-refractivity contribution in [2.24, 2.45) is 5.11 Å². The van der Waals surface area contributed by atoms with Crippen molar-refractivity contribution in [2.75, 3.05) is 18.4 Å². The van der Waals surface area contributed by atoms with Crippen molar-refractivity contribution < 1.29 is 9.90 Å². The zero-order valence-electron chi connectivity index (χ0n) is 15.6. The maximum Gasteiger partial charge on any atom is 0.407 e. The van der Waals surface area contributed by atoms with Gasteiger partial charge in [-0.3, -0.25) is 0 Å². The Morgan fingerprint density at radius 1 is 1.44 bits per heavy atom. The number of rotatable bonds is 6. The third-order valence-corrected chi connectivity index (χ3v) is 5.01. The van der Waals surface area contributed by atoms with Gasteiger partial charge >= 0.3 is 6.09 Å². The molecule has 2 N–H and O–H groups in total. The van der Waals surface area contributed by atoms with Crippen LogP contribution in [0.5, 0.6) is 0 Å². The number of nitrogens with one attached hydrogen (secondary N) is 1. The van der Waals surface area contributed by atoms with Gasteiger partial charge < -0.3 is 15.3 Å². The molecular formula is C17H24N8O2. The number of aryl methyl sites for hydroxylation is 2. The highest BCUT2D eigenvalue weighted by molar-refractivity contribution is 5.91. The van der Waals surface area contributed by atoms with Crippen molar-refractivity contribution in [3.8, 4) is 0 Å². The van der Waals surface area contributed by atoms with E-state index in [-0.39, 0.29) is 12.6 Å². The zero-order chi connectivity index (χ0) is 19.4. The van der Waals surface area contributed by atoms with E-state index in [2.05, 4.69) is 20.4 Å². The number of likely N-dealkylation sites (tertiary alicyclic amines) is 1. The molecule has 2 aromatic heterocycles. The largest absolute Gasteiger partial charge is 0.465 e. The van der Waals surface area contributed by atoms with E-state index in [1.807, 2.05) is 18.5 Å². The average Bonchev–Trinajstić information content (AvgIpc) is 3.10. The number of hydrogen-bond acceptors (Lipinski definition) is 5. The number of anilines is 1. The van der Waals surface area contributed by atoms with E-state index in [9.17, 15) is 4.79 Å². The molecule has 1 saturated heterocycles. The second-order valence-corrected chi connectivity index (χ2v) is 6.54. The van der Waals surface area contributed by atoms with E-state index in [4.69, 9.17) is 15.6 Å². The van der Waals surface area contributed by atoms with Gasteiger partial charge in [-0.25, -0.2) is 14.5 Å². The molecule has 1 fully saturated rings. The lowest BCUT2D eigenvalue weighted by Crippen LogP contribution is -2.41. The molecule has 1 amide bonds. The number of carboxylic acid groups (broad SMARTS) is 1. The number of amides is 1. The van der Waals surface area contributed by atoms with Crippen LogP contribution in [0.25, 0.3) is 21.5 Å². The number of azide groups is 1. The summed E-state index contributed by atoms with van der Waals surface area (Å²) in [5, 5.41) is 21.8. The standard InChI is InChI=1S/C17H24N8O2/c1-3-14-12(9-19-23-18)15(13-10-20-25(4-2)16(13)22-14)21-11-5-7-24(8-6-11)17(26)27/h10-11H,3-9H2,1-2H3,(H,21,22)(H,26,27). The minimum atomic E-state index is -0.874. The molecule has 0 spiro atoms. The highest BCUT2D eigenvalue weighted by Crippen LogP contribution is 2.31. The predicted molar refractivity (Wildman–Crippen MR) is 102 cm³/mol. The zero-order valence-corrected chi connectivity index (χ0v) is 15.6. The van der Waals surface area contributed by atoms with Gasteiger partial charge in [-0.2, -0.15) is 5.10 Å². The molecule has 0 unspecified atom stereocenters. The average molecular weight is 372 g/mol. The van der Waals surface area contributed by atoms with Gasteiger partial charge in [0.25, 0.3) is 0 Å². The quantitative estimate of drug-likeness (QED) is 0.456. The van der Waals surface area contributed by atoms with Gasteiger partial charge in [0.15, 0.2) is 5.65 Å². The van der Waals surface area contributed by atoms with Crippen molar-refractivity contribution in [1.29, 1.82) is 0 Å². The van der Waals surface area contributed by atoms with Crippen molar-refractivity contribution in [3.63, 3.8) is 0 Å². The van der Waals surface area contributed by atoms with Crippen LogP contribution in [-0.4, -0.2) is 50.0 Å². The fourth-order valence-electron chi connectivity index (χ4n) is 3.56. The first-order valence-electron chi connectivity index (χ1n) is 9.21. The summed E-state index contributed by atoms with van der Waals surface area (Å²) in [6, 6.07) is 0.144. The molecule has 10 nitrogen and oxygen atoms in total. The first-order chi connectivity index (χ1) is 13.1. The Kier molecular flexibility index (Phi) is 5.66. The second kappa shape index (κ2) is 8.13. The van der Waals surface area contributed by atoms with Crippen LogP contribution in [0, 0.1) is 0 Å². The third-order valence-electron chi connectivity index (χ3n) is 5.01. The molecule has 27 heavy (non-hydrogen) atoms. The number of hydrogen-bond donors (Lipinski definition) is 2. The maximum absolute atomic E-state index is 11.1. The summed E-state index contributed by atoms with van der Waals surface area (Å²) in [7, 11) is 0. The minimum Gasteiger partial charge on any atom is -0.465 e. The highest BCUT2D eigenvalue weighted by atomic mass is 16.4. The van der Waals surface area contributed by atoms with Crippen LogP contribution in [-0.2, 0) is 19.5 Å². The topological polar surface area (TPSA) is 132 Å². The highest BCUT2D eigenvalue weighted by Gasteiger charge is 2.25. The normalized spacial score (nSPS) is 15.0. The molecule has 1 aliphatic heterocycles. The Bertz CT molecular complexity index is 879. The lowest BCUT2D eigenvalue weighted by molar-refractivity contribution is 0.134. The summed E-state index contributed by atoms with van der Waals surface area (Å²) < 4.78 is 1.85. The van der Waals surface area contributed by atoms with Gasteiger partial charge in [0.2, 0.25) is 0 Å². The number of aromatic nitrogens is 3. The monoisotopic (exact) mass is 372 g/mol. The van der Waals surface area contributed by atoms with Crippen LogP contribution in [0.15, 0.2) is 11.3 Å². The molecule has 0 aromatic carbocycles. The van der Waals surface area contributed by atoms with Crippen molar-refractivity contribution >= 4 is 22.8 Å². The van der Waals surface area contributed by atoms with E-state index < -0.39 is 6.09 Å². The number of pyridine rings is 1. The third kappa shape index (κ3) is 3.75. The van der Waals surface area contributed by atoms with Crippen LogP contribution in [0.2, 0.25) is 0 Å². The molecule has 144 valence electrons. The summed E-state index contributed by atoms with van der Waals surface area (Å²) in [6.45, 7) is 5.98. The van der Waals surface area contributed by atoms with E-state index in [1.165, 1.54) is 4.90 Å².